The van der Waals surface area contributed by atoms with Crippen molar-refractivity contribution < 1.29 is 4.79 Å². The molecule has 116 valence electrons. The molecule has 1 aliphatic carbocycles. The van der Waals surface area contributed by atoms with Gasteiger partial charge in [-0.3, -0.25) is 4.79 Å². The van der Waals surface area contributed by atoms with Gasteiger partial charge in [-0.1, -0.05) is 54.5 Å². The highest BCUT2D eigenvalue weighted by Crippen LogP contribution is 2.31. The van der Waals surface area contributed by atoms with Gasteiger partial charge in [0, 0.05) is 18.7 Å². The number of rotatable bonds is 4. The second kappa shape index (κ2) is 6.87. The van der Waals surface area contributed by atoms with E-state index in [1.54, 1.807) is 7.05 Å². The second-order valence-corrected chi connectivity index (χ2v) is 6.51. The summed E-state index contributed by atoms with van der Waals surface area (Å²) in [6.45, 7) is 0. The zero-order chi connectivity index (χ0) is 15.4. The first-order valence-electron chi connectivity index (χ1n) is 7.65. The lowest BCUT2D eigenvalue weighted by atomic mass is 9.84. The van der Waals surface area contributed by atoms with Crippen LogP contribution in [0.25, 0.3) is 10.6 Å². The van der Waals surface area contributed by atoms with Gasteiger partial charge in [-0.2, -0.15) is 0 Å². The molecule has 22 heavy (non-hydrogen) atoms. The van der Waals surface area contributed by atoms with Gasteiger partial charge in [0.2, 0.25) is 11.0 Å². The quantitative estimate of drug-likeness (QED) is 0.910. The number of nitrogens with zero attached hydrogens (tertiary/aromatic N) is 2. The van der Waals surface area contributed by atoms with Gasteiger partial charge in [0.05, 0.1) is 5.92 Å². The van der Waals surface area contributed by atoms with Gasteiger partial charge in [-0.15, -0.1) is 10.2 Å². The van der Waals surface area contributed by atoms with E-state index in [1.165, 1.54) is 11.3 Å². The molecule has 1 aromatic carbocycles. The van der Waals surface area contributed by atoms with Crippen LogP contribution in [0.4, 0.5) is 5.13 Å². The number of carbonyl (C=O) groups is 1. The van der Waals surface area contributed by atoms with E-state index >= 15 is 0 Å². The predicted molar refractivity (Wildman–Crippen MR) is 88.8 cm³/mol. The van der Waals surface area contributed by atoms with Gasteiger partial charge in [-0.05, 0) is 12.8 Å². The number of aromatic nitrogens is 2. The van der Waals surface area contributed by atoms with E-state index in [0.29, 0.717) is 0 Å². The number of hydrogen-bond acceptors (Lipinski definition) is 5. The maximum absolute atomic E-state index is 12.0. The SMILES string of the molecule is CNC(=O)C1CCCCC1Nc1nnc(-c2ccccc2)s1. The molecular weight excluding hydrogens is 296 g/mol. The Kier molecular flexibility index (Phi) is 4.68. The van der Waals surface area contributed by atoms with Crippen molar-refractivity contribution in [3.8, 4) is 10.6 Å². The van der Waals surface area contributed by atoms with E-state index in [9.17, 15) is 4.79 Å². The molecule has 2 unspecified atom stereocenters. The Balaban J connectivity index is 1.72. The summed E-state index contributed by atoms with van der Waals surface area (Å²) in [7, 11) is 1.70. The Morgan fingerprint density at radius 3 is 2.73 bits per heavy atom. The van der Waals surface area contributed by atoms with Gasteiger partial charge in [-0.25, -0.2) is 0 Å². The molecule has 1 heterocycles. The average molecular weight is 316 g/mol. The van der Waals surface area contributed by atoms with Crippen LogP contribution >= 0.6 is 11.3 Å². The predicted octanol–water partition coefficient (Wildman–Crippen LogP) is 2.92. The monoisotopic (exact) mass is 316 g/mol. The third-order valence-corrected chi connectivity index (χ3v) is 5.01. The fourth-order valence-corrected chi connectivity index (χ4v) is 3.75. The molecule has 5 nitrogen and oxygen atoms in total. The average Bonchev–Trinajstić information content (AvgIpc) is 3.04. The van der Waals surface area contributed by atoms with E-state index in [-0.39, 0.29) is 17.9 Å². The van der Waals surface area contributed by atoms with Gasteiger partial charge >= 0.3 is 0 Å². The minimum atomic E-state index is 0.0165. The zero-order valence-electron chi connectivity index (χ0n) is 12.6. The largest absolute Gasteiger partial charge is 0.359 e. The van der Waals surface area contributed by atoms with Gasteiger partial charge in [0.25, 0.3) is 0 Å². The van der Waals surface area contributed by atoms with Gasteiger partial charge in [0.15, 0.2) is 0 Å². The summed E-state index contributed by atoms with van der Waals surface area (Å²) in [6, 6.07) is 10.2. The minimum Gasteiger partial charge on any atom is -0.359 e. The van der Waals surface area contributed by atoms with Crippen molar-refractivity contribution in [2.75, 3.05) is 12.4 Å². The second-order valence-electron chi connectivity index (χ2n) is 5.53. The number of carbonyl (C=O) groups excluding carboxylic acids is 1. The van der Waals surface area contributed by atoms with Crippen molar-refractivity contribution in [3.63, 3.8) is 0 Å². The number of nitrogens with one attached hydrogen (secondary N) is 2. The first-order valence-corrected chi connectivity index (χ1v) is 8.46. The van der Waals surface area contributed by atoms with Crippen molar-refractivity contribution in [3.05, 3.63) is 30.3 Å². The van der Waals surface area contributed by atoms with Crippen LogP contribution in [0.2, 0.25) is 0 Å². The Hall–Kier alpha value is -1.95. The molecule has 1 fully saturated rings. The van der Waals surface area contributed by atoms with Crippen molar-refractivity contribution >= 4 is 22.4 Å². The molecule has 0 bridgehead atoms. The highest BCUT2D eigenvalue weighted by molar-refractivity contribution is 7.18. The fourth-order valence-electron chi connectivity index (χ4n) is 2.94. The number of amides is 1. The molecular formula is C16H20N4OS. The standard InChI is InChI=1S/C16H20N4OS/c1-17-14(21)12-9-5-6-10-13(12)18-16-20-19-15(22-16)11-7-3-2-4-8-11/h2-4,7-8,12-13H,5-6,9-10H2,1H3,(H,17,21)(H,18,20). The minimum absolute atomic E-state index is 0.0165. The molecule has 2 aromatic rings. The van der Waals surface area contributed by atoms with Crippen molar-refractivity contribution in [1.82, 2.24) is 15.5 Å². The molecule has 2 N–H and O–H groups in total. The summed E-state index contributed by atoms with van der Waals surface area (Å²) in [5.74, 6) is 0.132. The Morgan fingerprint density at radius 2 is 1.95 bits per heavy atom. The maximum atomic E-state index is 12.0. The van der Waals surface area contributed by atoms with Crippen molar-refractivity contribution in [1.29, 1.82) is 0 Å². The number of hydrogen-bond donors (Lipinski definition) is 2. The summed E-state index contributed by atoms with van der Waals surface area (Å²) in [6.07, 6.45) is 4.19. The van der Waals surface area contributed by atoms with Crippen LogP contribution in [0.5, 0.6) is 0 Å². The molecule has 0 radical (unpaired) electrons. The molecule has 1 aromatic heterocycles. The van der Waals surface area contributed by atoms with Crippen LogP contribution in [0.1, 0.15) is 25.7 Å². The summed E-state index contributed by atoms with van der Waals surface area (Å²) in [5.41, 5.74) is 1.07. The van der Waals surface area contributed by atoms with Gasteiger partial charge < -0.3 is 10.6 Å². The van der Waals surface area contributed by atoms with E-state index in [0.717, 1.165) is 41.4 Å². The lowest BCUT2D eigenvalue weighted by Crippen LogP contribution is -2.41. The number of benzene rings is 1. The van der Waals surface area contributed by atoms with E-state index in [1.807, 2.05) is 30.3 Å². The van der Waals surface area contributed by atoms with E-state index in [2.05, 4.69) is 20.8 Å². The molecule has 6 heteroatoms. The molecule has 0 aliphatic heterocycles. The Bertz CT molecular complexity index is 628. The smallest absolute Gasteiger partial charge is 0.224 e. The molecule has 1 saturated carbocycles. The summed E-state index contributed by atoms with van der Waals surface area (Å²) in [5, 5.41) is 16.4. The fraction of sp³-hybridized carbons (Fsp3) is 0.438. The van der Waals surface area contributed by atoms with Crippen LogP contribution in [-0.4, -0.2) is 29.2 Å². The molecule has 1 aliphatic rings. The molecule has 0 saturated heterocycles. The topological polar surface area (TPSA) is 66.9 Å². The highest BCUT2D eigenvalue weighted by Gasteiger charge is 2.30. The lowest BCUT2D eigenvalue weighted by molar-refractivity contribution is -0.125. The normalized spacial score (nSPS) is 21.3. The summed E-state index contributed by atoms with van der Waals surface area (Å²) in [4.78, 5) is 12.0. The van der Waals surface area contributed by atoms with E-state index in [4.69, 9.17) is 0 Å². The van der Waals surface area contributed by atoms with Crippen molar-refractivity contribution in [2.45, 2.75) is 31.7 Å². The first-order chi connectivity index (χ1) is 10.8. The third-order valence-electron chi connectivity index (χ3n) is 4.10. The Labute approximate surface area is 134 Å². The molecule has 1 amide bonds. The van der Waals surface area contributed by atoms with Crippen LogP contribution in [0.15, 0.2) is 30.3 Å². The molecule has 2 atom stereocenters. The third kappa shape index (κ3) is 3.27. The zero-order valence-corrected chi connectivity index (χ0v) is 13.4. The summed E-state index contributed by atoms with van der Waals surface area (Å²) < 4.78 is 0. The summed E-state index contributed by atoms with van der Waals surface area (Å²) >= 11 is 1.54. The van der Waals surface area contributed by atoms with Crippen LogP contribution in [0, 0.1) is 5.92 Å². The van der Waals surface area contributed by atoms with Crippen LogP contribution in [0.3, 0.4) is 0 Å². The van der Waals surface area contributed by atoms with E-state index < -0.39 is 0 Å². The first kappa shape index (κ1) is 15.0. The molecule has 0 spiro atoms. The van der Waals surface area contributed by atoms with Crippen LogP contribution < -0.4 is 10.6 Å². The molecule has 3 rings (SSSR count). The van der Waals surface area contributed by atoms with Crippen molar-refractivity contribution in [2.24, 2.45) is 5.92 Å². The highest BCUT2D eigenvalue weighted by atomic mass is 32.1. The number of anilines is 1. The van der Waals surface area contributed by atoms with Crippen LogP contribution in [-0.2, 0) is 4.79 Å². The maximum Gasteiger partial charge on any atom is 0.224 e. The Morgan fingerprint density at radius 1 is 1.18 bits per heavy atom. The lowest BCUT2D eigenvalue weighted by Gasteiger charge is -2.30. The van der Waals surface area contributed by atoms with Gasteiger partial charge in [0.1, 0.15) is 5.01 Å².